The molecule has 0 unspecified atom stereocenters. The van der Waals surface area contributed by atoms with Crippen LogP contribution in [-0.4, -0.2) is 57.8 Å². The summed E-state index contributed by atoms with van der Waals surface area (Å²) in [6, 6.07) is 5.90. The maximum Gasteiger partial charge on any atom is 0.251 e. The fourth-order valence-corrected chi connectivity index (χ4v) is 2.54. The number of hydrogen-bond donors (Lipinski definition) is 2. The molecule has 5 nitrogen and oxygen atoms in total. The number of nitrogens with zero attached hydrogens (tertiary/aromatic N) is 1. The lowest BCUT2D eigenvalue weighted by Gasteiger charge is -2.21. The van der Waals surface area contributed by atoms with Crippen LogP contribution in [0.3, 0.4) is 0 Å². The molecule has 0 saturated heterocycles. The summed E-state index contributed by atoms with van der Waals surface area (Å²) in [5.41, 5.74) is 3.05. The number of carbonyl (C=O) groups is 1. The Hall–Kier alpha value is -1.59. The van der Waals surface area contributed by atoms with Crippen LogP contribution in [0.15, 0.2) is 18.2 Å². The molecule has 0 saturated carbocycles. The van der Waals surface area contributed by atoms with Crippen LogP contribution in [0, 0.1) is 0 Å². The number of anilines is 1. The summed E-state index contributed by atoms with van der Waals surface area (Å²) in [6.07, 6.45) is 2.05. The molecule has 2 N–H and O–H groups in total. The van der Waals surface area contributed by atoms with Crippen molar-refractivity contribution in [1.29, 1.82) is 0 Å². The van der Waals surface area contributed by atoms with Gasteiger partial charge in [-0.2, -0.15) is 0 Å². The number of likely N-dealkylation sites (N-methyl/N-ethyl adjacent to an activating group) is 1. The number of carbonyl (C=O) groups excluding carboxylic acids is 1. The van der Waals surface area contributed by atoms with Gasteiger partial charge in [-0.3, -0.25) is 4.79 Å². The summed E-state index contributed by atoms with van der Waals surface area (Å²) >= 11 is 0. The highest BCUT2D eigenvalue weighted by atomic mass is 16.5. The second-order valence-corrected chi connectivity index (χ2v) is 5.41. The normalized spacial score (nSPS) is 13.7. The van der Waals surface area contributed by atoms with Crippen molar-refractivity contribution in [3.05, 3.63) is 29.3 Å². The molecule has 1 heterocycles. The number of fused-ring (bicyclic) bond motifs is 1. The molecule has 0 radical (unpaired) electrons. The van der Waals surface area contributed by atoms with Crippen LogP contribution in [0.4, 0.5) is 5.69 Å². The first kappa shape index (κ1) is 15.8. The minimum atomic E-state index is 0.0238. The van der Waals surface area contributed by atoms with E-state index in [4.69, 9.17) is 4.74 Å². The molecule has 1 aromatic carbocycles. The molecular weight excluding hydrogens is 266 g/mol. The van der Waals surface area contributed by atoms with E-state index in [2.05, 4.69) is 15.5 Å². The number of nitrogens with one attached hydrogen (secondary N) is 2. The zero-order valence-corrected chi connectivity index (χ0v) is 12.9. The highest BCUT2D eigenvalue weighted by Crippen LogP contribution is 2.25. The summed E-state index contributed by atoms with van der Waals surface area (Å²) in [7, 11) is 3.72. The van der Waals surface area contributed by atoms with Crippen LogP contribution in [0.1, 0.15) is 22.3 Å². The standard InChI is InChI=1S/C16H25N3O2/c1-19(11-12-21-2)10-9-18-16(20)14-5-3-7-15-13(14)6-4-8-17-15/h3,5,7,17H,4,6,8-12H2,1-2H3,(H,18,20). The van der Waals surface area contributed by atoms with E-state index in [0.29, 0.717) is 13.2 Å². The van der Waals surface area contributed by atoms with Gasteiger partial charge in [-0.05, 0) is 37.6 Å². The fraction of sp³-hybridized carbons (Fsp3) is 0.562. The first-order valence-electron chi connectivity index (χ1n) is 7.54. The summed E-state index contributed by atoms with van der Waals surface area (Å²) < 4.78 is 5.04. The third kappa shape index (κ3) is 4.44. The molecule has 0 spiro atoms. The van der Waals surface area contributed by atoms with Gasteiger partial charge in [0.1, 0.15) is 0 Å². The molecule has 2 rings (SSSR count). The lowest BCUT2D eigenvalue weighted by atomic mass is 9.97. The largest absolute Gasteiger partial charge is 0.385 e. The maximum atomic E-state index is 12.3. The Kier molecular flexibility index (Phi) is 6.02. The maximum absolute atomic E-state index is 12.3. The predicted octanol–water partition coefficient (Wildman–Crippen LogP) is 1.35. The predicted molar refractivity (Wildman–Crippen MR) is 85.0 cm³/mol. The lowest BCUT2D eigenvalue weighted by Crippen LogP contribution is -2.35. The van der Waals surface area contributed by atoms with Crippen LogP contribution >= 0.6 is 0 Å². The van der Waals surface area contributed by atoms with Gasteiger partial charge in [0, 0.05) is 44.5 Å². The number of benzene rings is 1. The summed E-state index contributed by atoms with van der Waals surface area (Å²) in [6.45, 7) is 4.04. The number of hydrogen-bond acceptors (Lipinski definition) is 4. The van der Waals surface area contributed by atoms with Crippen LogP contribution in [0.5, 0.6) is 0 Å². The molecule has 1 aliphatic rings. The van der Waals surface area contributed by atoms with Crippen molar-refractivity contribution in [3.8, 4) is 0 Å². The summed E-state index contributed by atoms with van der Waals surface area (Å²) in [4.78, 5) is 14.5. The van der Waals surface area contributed by atoms with Crippen molar-refractivity contribution in [2.75, 3.05) is 52.3 Å². The van der Waals surface area contributed by atoms with Crippen molar-refractivity contribution in [2.45, 2.75) is 12.8 Å². The SMILES string of the molecule is COCCN(C)CCNC(=O)c1cccc2c1CCCN2. The Balaban J connectivity index is 1.86. The smallest absolute Gasteiger partial charge is 0.251 e. The molecule has 0 atom stereocenters. The zero-order valence-electron chi connectivity index (χ0n) is 12.9. The molecule has 116 valence electrons. The van der Waals surface area contributed by atoms with E-state index in [-0.39, 0.29) is 5.91 Å². The van der Waals surface area contributed by atoms with Crippen LogP contribution in [0.2, 0.25) is 0 Å². The highest BCUT2D eigenvalue weighted by molar-refractivity contribution is 5.97. The van der Waals surface area contributed by atoms with Crippen LogP contribution in [0.25, 0.3) is 0 Å². The van der Waals surface area contributed by atoms with Gasteiger partial charge >= 0.3 is 0 Å². The Bertz CT molecular complexity index is 477. The zero-order chi connectivity index (χ0) is 15.1. The van der Waals surface area contributed by atoms with Gasteiger partial charge < -0.3 is 20.3 Å². The van der Waals surface area contributed by atoms with Gasteiger partial charge in [0.05, 0.1) is 6.61 Å². The quantitative estimate of drug-likeness (QED) is 0.796. The third-order valence-electron chi connectivity index (χ3n) is 3.80. The van der Waals surface area contributed by atoms with E-state index in [0.717, 1.165) is 49.3 Å². The molecule has 0 bridgehead atoms. The lowest BCUT2D eigenvalue weighted by molar-refractivity contribution is 0.0946. The van der Waals surface area contributed by atoms with E-state index in [1.807, 2.05) is 25.2 Å². The van der Waals surface area contributed by atoms with Crippen LogP contribution in [-0.2, 0) is 11.2 Å². The molecule has 0 aliphatic carbocycles. The van der Waals surface area contributed by atoms with Gasteiger partial charge in [-0.1, -0.05) is 6.07 Å². The van der Waals surface area contributed by atoms with Crippen molar-refractivity contribution in [1.82, 2.24) is 10.2 Å². The number of methoxy groups -OCH3 is 1. The summed E-state index contributed by atoms with van der Waals surface area (Å²) in [5, 5.41) is 6.36. The number of rotatable bonds is 7. The van der Waals surface area contributed by atoms with E-state index in [9.17, 15) is 4.79 Å². The van der Waals surface area contributed by atoms with Crippen molar-refractivity contribution in [3.63, 3.8) is 0 Å². The number of amides is 1. The number of ether oxygens (including phenoxy) is 1. The first-order chi connectivity index (χ1) is 10.2. The first-order valence-corrected chi connectivity index (χ1v) is 7.54. The molecule has 1 aliphatic heterocycles. The molecule has 0 aromatic heterocycles. The second-order valence-electron chi connectivity index (χ2n) is 5.41. The minimum Gasteiger partial charge on any atom is -0.385 e. The average molecular weight is 291 g/mol. The Labute approximate surface area is 126 Å². The van der Waals surface area contributed by atoms with E-state index < -0.39 is 0 Å². The van der Waals surface area contributed by atoms with E-state index in [1.165, 1.54) is 0 Å². The molecular formula is C16H25N3O2. The molecule has 1 amide bonds. The summed E-state index contributed by atoms with van der Waals surface area (Å²) in [5.74, 6) is 0.0238. The molecule has 5 heteroatoms. The van der Waals surface area contributed by atoms with Crippen molar-refractivity contribution < 1.29 is 9.53 Å². The van der Waals surface area contributed by atoms with Gasteiger partial charge in [-0.25, -0.2) is 0 Å². The molecule has 1 aromatic rings. The Morgan fingerprint density at radius 1 is 1.43 bits per heavy atom. The van der Waals surface area contributed by atoms with E-state index in [1.54, 1.807) is 7.11 Å². The van der Waals surface area contributed by atoms with Crippen LogP contribution < -0.4 is 10.6 Å². The van der Waals surface area contributed by atoms with Gasteiger partial charge in [-0.15, -0.1) is 0 Å². The molecule has 0 fully saturated rings. The Morgan fingerprint density at radius 2 is 2.29 bits per heavy atom. The van der Waals surface area contributed by atoms with Gasteiger partial charge in [0.15, 0.2) is 0 Å². The average Bonchev–Trinajstić information content (AvgIpc) is 2.52. The van der Waals surface area contributed by atoms with Crippen molar-refractivity contribution in [2.24, 2.45) is 0 Å². The second kappa shape index (κ2) is 8.00. The Morgan fingerprint density at radius 3 is 3.10 bits per heavy atom. The van der Waals surface area contributed by atoms with Gasteiger partial charge in [0.25, 0.3) is 5.91 Å². The fourth-order valence-electron chi connectivity index (χ4n) is 2.54. The third-order valence-corrected chi connectivity index (χ3v) is 3.80. The monoisotopic (exact) mass is 291 g/mol. The molecule has 21 heavy (non-hydrogen) atoms. The highest BCUT2D eigenvalue weighted by Gasteiger charge is 2.16. The van der Waals surface area contributed by atoms with Gasteiger partial charge in [0.2, 0.25) is 0 Å². The minimum absolute atomic E-state index is 0.0238. The topological polar surface area (TPSA) is 53.6 Å². The van der Waals surface area contributed by atoms with E-state index >= 15 is 0 Å². The van der Waals surface area contributed by atoms with Crippen molar-refractivity contribution >= 4 is 11.6 Å².